The zero-order chi connectivity index (χ0) is 12.4. The molecule has 1 saturated heterocycles. The smallest absolute Gasteiger partial charge is 0.0484 e. The first-order chi connectivity index (χ1) is 8.13. The van der Waals surface area contributed by atoms with Gasteiger partial charge in [-0.3, -0.25) is 4.90 Å². The summed E-state index contributed by atoms with van der Waals surface area (Å²) >= 11 is 5.41. The predicted octanol–water partition coefficient (Wildman–Crippen LogP) is 3.63. The van der Waals surface area contributed by atoms with Crippen molar-refractivity contribution in [2.75, 3.05) is 13.1 Å². The topological polar surface area (TPSA) is 29.3 Å². The van der Waals surface area contributed by atoms with E-state index in [1.54, 1.807) is 0 Å². The van der Waals surface area contributed by atoms with Gasteiger partial charge in [-0.15, -0.1) is 11.3 Å². The van der Waals surface area contributed by atoms with E-state index in [4.69, 9.17) is 5.73 Å². The van der Waals surface area contributed by atoms with Crippen molar-refractivity contribution in [3.05, 3.63) is 20.8 Å². The highest BCUT2D eigenvalue weighted by molar-refractivity contribution is 9.10. The molecule has 2 nitrogen and oxygen atoms in total. The molecule has 17 heavy (non-hydrogen) atoms. The summed E-state index contributed by atoms with van der Waals surface area (Å²) in [6.45, 7) is 6.57. The third kappa shape index (κ3) is 2.92. The first-order valence-electron chi connectivity index (χ1n) is 6.33. The zero-order valence-electron chi connectivity index (χ0n) is 10.5. The first-order valence-corrected chi connectivity index (χ1v) is 8.00. The molecule has 1 aliphatic rings. The molecular formula is C13H21BrN2S. The Balaban J connectivity index is 2.28. The number of piperidine rings is 1. The van der Waals surface area contributed by atoms with Crippen molar-refractivity contribution < 1.29 is 0 Å². The second-order valence-electron chi connectivity index (χ2n) is 5.08. The minimum absolute atomic E-state index is 0.519. The standard InChI is InChI=1S/C13H21BrN2S/c1-9(2)16-5-3-4-10(7-15)13(16)12-6-11(14)8-17-12/h6,8-10,13H,3-5,7,15H2,1-2H3. The molecule has 0 radical (unpaired) electrons. The lowest BCUT2D eigenvalue weighted by atomic mass is 9.87. The molecule has 0 spiro atoms. The van der Waals surface area contributed by atoms with Gasteiger partial charge in [-0.05, 0) is 67.7 Å². The van der Waals surface area contributed by atoms with Crippen LogP contribution in [-0.4, -0.2) is 24.0 Å². The molecule has 1 aliphatic heterocycles. The van der Waals surface area contributed by atoms with Gasteiger partial charge in [0.25, 0.3) is 0 Å². The fourth-order valence-corrected chi connectivity index (χ4v) is 4.47. The summed E-state index contributed by atoms with van der Waals surface area (Å²) in [5.41, 5.74) is 5.97. The van der Waals surface area contributed by atoms with Gasteiger partial charge in [-0.25, -0.2) is 0 Å². The van der Waals surface area contributed by atoms with Crippen LogP contribution in [0.4, 0.5) is 0 Å². The maximum Gasteiger partial charge on any atom is 0.0484 e. The first kappa shape index (κ1) is 13.5. The van der Waals surface area contributed by atoms with Crippen LogP contribution in [0.3, 0.4) is 0 Å². The molecule has 4 heteroatoms. The summed E-state index contributed by atoms with van der Waals surface area (Å²) in [5, 5.41) is 2.18. The Morgan fingerprint density at radius 2 is 2.35 bits per heavy atom. The number of thiophene rings is 1. The Hall–Kier alpha value is 0.1000. The zero-order valence-corrected chi connectivity index (χ0v) is 12.9. The lowest BCUT2D eigenvalue weighted by Crippen LogP contribution is -2.44. The molecule has 0 bridgehead atoms. The van der Waals surface area contributed by atoms with Crippen molar-refractivity contribution in [2.24, 2.45) is 11.7 Å². The minimum Gasteiger partial charge on any atom is -0.330 e. The normalized spacial score (nSPS) is 26.6. The van der Waals surface area contributed by atoms with Crippen LogP contribution in [0.2, 0.25) is 0 Å². The van der Waals surface area contributed by atoms with Crippen molar-refractivity contribution in [1.29, 1.82) is 0 Å². The van der Waals surface area contributed by atoms with Gasteiger partial charge >= 0.3 is 0 Å². The highest BCUT2D eigenvalue weighted by Gasteiger charge is 2.33. The van der Waals surface area contributed by atoms with E-state index >= 15 is 0 Å². The molecule has 2 unspecified atom stereocenters. The van der Waals surface area contributed by atoms with Gasteiger partial charge in [0.2, 0.25) is 0 Å². The summed E-state index contributed by atoms with van der Waals surface area (Å²) in [4.78, 5) is 4.07. The molecular weight excluding hydrogens is 296 g/mol. The van der Waals surface area contributed by atoms with Crippen molar-refractivity contribution >= 4 is 27.3 Å². The van der Waals surface area contributed by atoms with E-state index in [0.29, 0.717) is 18.0 Å². The number of nitrogens with zero attached hydrogens (tertiary/aromatic N) is 1. The number of likely N-dealkylation sites (tertiary alicyclic amines) is 1. The van der Waals surface area contributed by atoms with Gasteiger partial charge in [0, 0.05) is 26.8 Å². The van der Waals surface area contributed by atoms with Crippen molar-refractivity contribution in [3.63, 3.8) is 0 Å². The van der Waals surface area contributed by atoms with Crippen molar-refractivity contribution in [2.45, 2.75) is 38.8 Å². The molecule has 0 amide bonds. The quantitative estimate of drug-likeness (QED) is 0.922. The molecule has 0 saturated carbocycles. The summed E-state index contributed by atoms with van der Waals surface area (Å²) < 4.78 is 1.20. The average molecular weight is 317 g/mol. The molecule has 2 N–H and O–H groups in total. The molecule has 2 rings (SSSR count). The van der Waals surface area contributed by atoms with Gasteiger partial charge in [0.15, 0.2) is 0 Å². The van der Waals surface area contributed by atoms with Crippen LogP contribution < -0.4 is 5.73 Å². The molecule has 1 aromatic rings. The lowest BCUT2D eigenvalue weighted by Gasteiger charge is -2.43. The van der Waals surface area contributed by atoms with E-state index in [2.05, 4.69) is 46.1 Å². The largest absolute Gasteiger partial charge is 0.330 e. The maximum atomic E-state index is 5.97. The van der Waals surface area contributed by atoms with E-state index in [9.17, 15) is 0 Å². The maximum absolute atomic E-state index is 5.97. The number of hydrogen-bond donors (Lipinski definition) is 1. The van der Waals surface area contributed by atoms with Gasteiger partial charge in [-0.2, -0.15) is 0 Å². The van der Waals surface area contributed by atoms with E-state index in [0.717, 1.165) is 6.54 Å². The van der Waals surface area contributed by atoms with Crippen LogP contribution in [0.15, 0.2) is 15.9 Å². The van der Waals surface area contributed by atoms with Crippen LogP contribution in [0.25, 0.3) is 0 Å². The Morgan fingerprint density at radius 1 is 1.59 bits per heavy atom. The Bertz CT molecular complexity index is 364. The summed E-state index contributed by atoms with van der Waals surface area (Å²) in [6.07, 6.45) is 2.54. The number of halogens is 1. The summed E-state index contributed by atoms with van der Waals surface area (Å²) in [7, 11) is 0. The molecule has 2 atom stereocenters. The van der Waals surface area contributed by atoms with Crippen molar-refractivity contribution in [3.8, 4) is 0 Å². The third-order valence-electron chi connectivity index (χ3n) is 3.64. The van der Waals surface area contributed by atoms with E-state index in [1.165, 1.54) is 28.7 Å². The van der Waals surface area contributed by atoms with E-state index in [1.807, 2.05) is 11.3 Å². The van der Waals surface area contributed by atoms with Crippen LogP contribution in [0.1, 0.15) is 37.6 Å². The van der Waals surface area contributed by atoms with E-state index < -0.39 is 0 Å². The molecule has 2 heterocycles. The Kier molecular flexibility index (Phi) is 4.64. The fraction of sp³-hybridized carbons (Fsp3) is 0.692. The summed E-state index contributed by atoms with van der Waals surface area (Å²) in [5.74, 6) is 0.608. The average Bonchev–Trinajstić information content (AvgIpc) is 2.74. The Morgan fingerprint density at radius 3 is 2.88 bits per heavy atom. The van der Waals surface area contributed by atoms with Crippen LogP contribution >= 0.6 is 27.3 Å². The highest BCUT2D eigenvalue weighted by atomic mass is 79.9. The molecule has 0 aromatic carbocycles. The predicted molar refractivity (Wildman–Crippen MR) is 78.4 cm³/mol. The second-order valence-corrected chi connectivity index (χ2v) is 6.94. The SMILES string of the molecule is CC(C)N1CCCC(CN)C1c1cc(Br)cs1. The van der Waals surface area contributed by atoms with Crippen molar-refractivity contribution in [1.82, 2.24) is 4.90 Å². The van der Waals surface area contributed by atoms with Gasteiger partial charge in [0.1, 0.15) is 0 Å². The summed E-state index contributed by atoms with van der Waals surface area (Å²) in [6, 6.07) is 3.37. The van der Waals surface area contributed by atoms with Crippen LogP contribution in [-0.2, 0) is 0 Å². The van der Waals surface area contributed by atoms with Gasteiger partial charge < -0.3 is 5.73 Å². The highest BCUT2D eigenvalue weighted by Crippen LogP contribution is 2.40. The number of rotatable bonds is 3. The lowest BCUT2D eigenvalue weighted by molar-refractivity contribution is 0.0688. The third-order valence-corrected chi connectivity index (χ3v) is 5.40. The fourth-order valence-electron chi connectivity index (χ4n) is 2.81. The van der Waals surface area contributed by atoms with E-state index in [-0.39, 0.29) is 0 Å². The molecule has 1 fully saturated rings. The van der Waals surface area contributed by atoms with Crippen LogP contribution in [0, 0.1) is 5.92 Å². The monoisotopic (exact) mass is 316 g/mol. The van der Waals surface area contributed by atoms with Gasteiger partial charge in [-0.1, -0.05) is 0 Å². The number of nitrogens with two attached hydrogens (primary N) is 1. The number of hydrogen-bond acceptors (Lipinski definition) is 3. The molecule has 96 valence electrons. The Labute approximate surface area is 116 Å². The van der Waals surface area contributed by atoms with Crippen LogP contribution in [0.5, 0.6) is 0 Å². The minimum atomic E-state index is 0.519. The molecule has 0 aliphatic carbocycles. The molecule has 1 aromatic heterocycles. The van der Waals surface area contributed by atoms with Gasteiger partial charge in [0.05, 0.1) is 0 Å². The second kappa shape index (κ2) is 5.83.